The van der Waals surface area contributed by atoms with Gasteiger partial charge in [0.25, 0.3) is 0 Å². The highest BCUT2D eigenvalue weighted by Crippen LogP contribution is 2.53. The molecule has 0 bridgehead atoms. The van der Waals surface area contributed by atoms with Gasteiger partial charge in [0.1, 0.15) is 6.04 Å². The minimum atomic E-state index is -0.394. The Labute approximate surface area is 163 Å². The molecule has 1 saturated heterocycles. The average molecular weight is 376 g/mol. The quantitative estimate of drug-likeness (QED) is 0.742. The molecule has 1 aliphatic carbocycles. The Hall–Kier alpha value is -2.89. The van der Waals surface area contributed by atoms with Crippen LogP contribution < -0.4 is 5.32 Å². The number of anilines is 1. The number of hydrogen-bond acceptors (Lipinski definition) is 5. The second kappa shape index (κ2) is 6.62. The summed E-state index contributed by atoms with van der Waals surface area (Å²) in [5.74, 6) is 0.549. The normalized spacial score (nSPS) is 19.0. The maximum absolute atomic E-state index is 12.8. The van der Waals surface area contributed by atoms with E-state index in [-0.39, 0.29) is 11.9 Å². The molecular formula is C22H24N4O2. The summed E-state index contributed by atoms with van der Waals surface area (Å²) in [6.45, 7) is 3.57. The van der Waals surface area contributed by atoms with Crippen molar-refractivity contribution >= 4 is 22.7 Å². The summed E-state index contributed by atoms with van der Waals surface area (Å²) >= 11 is 0. The second-order valence-electron chi connectivity index (χ2n) is 8.13. The molecule has 1 amide bonds. The maximum Gasteiger partial charge on any atom is 0.316 e. The number of likely N-dealkylation sites (tertiary alicyclic amines) is 1. The van der Waals surface area contributed by atoms with E-state index >= 15 is 0 Å². The standard InChI is InChI=1S/C22H24N4O2/c1-15(20(27)26-13-11-22(9-10-22)12-14-26)23-21-25-24-19(28-21)18-8-4-6-16-5-2-3-7-17(16)18/h2-8,15H,9-14H2,1H3,(H,23,25)/t15-/m1/s1. The topological polar surface area (TPSA) is 71.3 Å². The Balaban J connectivity index is 1.29. The van der Waals surface area contributed by atoms with Crippen molar-refractivity contribution in [3.8, 4) is 11.5 Å². The Morgan fingerprint density at radius 3 is 2.61 bits per heavy atom. The number of fused-ring (bicyclic) bond motifs is 1. The molecule has 1 aliphatic heterocycles. The van der Waals surface area contributed by atoms with Crippen molar-refractivity contribution in [1.82, 2.24) is 15.1 Å². The molecule has 1 aromatic heterocycles. The molecule has 2 fully saturated rings. The van der Waals surface area contributed by atoms with Crippen LogP contribution in [0.25, 0.3) is 22.2 Å². The molecular weight excluding hydrogens is 352 g/mol. The van der Waals surface area contributed by atoms with Crippen molar-refractivity contribution in [2.45, 2.75) is 38.6 Å². The molecule has 0 radical (unpaired) electrons. The lowest BCUT2D eigenvalue weighted by atomic mass is 9.93. The zero-order chi connectivity index (χ0) is 19.1. The summed E-state index contributed by atoms with van der Waals surface area (Å²) in [7, 11) is 0. The van der Waals surface area contributed by atoms with Gasteiger partial charge in [0.15, 0.2) is 0 Å². The number of amides is 1. The van der Waals surface area contributed by atoms with Gasteiger partial charge in [0.2, 0.25) is 11.8 Å². The lowest BCUT2D eigenvalue weighted by Gasteiger charge is -2.33. The number of benzene rings is 2. The van der Waals surface area contributed by atoms with E-state index < -0.39 is 6.04 Å². The minimum Gasteiger partial charge on any atom is -0.403 e. The van der Waals surface area contributed by atoms with E-state index in [2.05, 4.69) is 27.6 Å². The van der Waals surface area contributed by atoms with Crippen molar-refractivity contribution in [1.29, 1.82) is 0 Å². The second-order valence-corrected chi connectivity index (χ2v) is 8.13. The van der Waals surface area contributed by atoms with Gasteiger partial charge in [-0.25, -0.2) is 0 Å². The molecule has 2 aromatic carbocycles. The van der Waals surface area contributed by atoms with Crippen LogP contribution in [0.2, 0.25) is 0 Å². The van der Waals surface area contributed by atoms with Crippen LogP contribution in [0.15, 0.2) is 46.9 Å². The first kappa shape index (κ1) is 17.2. The number of hydrogen-bond donors (Lipinski definition) is 1. The molecule has 1 atom stereocenters. The van der Waals surface area contributed by atoms with Crippen LogP contribution in [0, 0.1) is 5.41 Å². The molecule has 28 heavy (non-hydrogen) atoms. The summed E-state index contributed by atoms with van der Waals surface area (Å²) in [6.07, 6.45) is 4.94. The highest BCUT2D eigenvalue weighted by molar-refractivity contribution is 5.94. The van der Waals surface area contributed by atoms with Crippen LogP contribution in [-0.2, 0) is 4.79 Å². The van der Waals surface area contributed by atoms with Crippen molar-refractivity contribution < 1.29 is 9.21 Å². The number of rotatable bonds is 4. The molecule has 0 unspecified atom stereocenters. The van der Waals surface area contributed by atoms with Gasteiger partial charge in [0, 0.05) is 18.7 Å². The smallest absolute Gasteiger partial charge is 0.316 e. The Kier molecular flexibility index (Phi) is 4.07. The van der Waals surface area contributed by atoms with Crippen molar-refractivity contribution in [2.24, 2.45) is 5.41 Å². The van der Waals surface area contributed by atoms with E-state index in [9.17, 15) is 4.79 Å². The fourth-order valence-electron chi connectivity index (χ4n) is 4.20. The van der Waals surface area contributed by atoms with Crippen LogP contribution >= 0.6 is 0 Å². The van der Waals surface area contributed by atoms with E-state index in [1.807, 2.05) is 42.2 Å². The molecule has 3 aromatic rings. The van der Waals surface area contributed by atoms with E-state index in [0.29, 0.717) is 11.3 Å². The molecule has 1 saturated carbocycles. The molecule has 144 valence electrons. The van der Waals surface area contributed by atoms with Gasteiger partial charge in [-0.3, -0.25) is 4.79 Å². The number of nitrogens with one attached hydrogen (secondary N) is 1. The summed E-state index contributed by atoms with van der Waals surface area (Å²) in [6, 6.07) is 14.0. The molecule has 1 spiro atoms. The molecule has 2 heterocycles. The number of carbonyl (C=O) groups is 1. The summed E-state index contributed by atoms with van der Waals surface area (Å²) in [4.78, 5) is 14.7. The molecule has 2 aliphatic rings. The van der Waals surface area contributed by atoms with Crippen molar-refractivity contribution in [3.05, 3.63) is 42.5 Å². The van der Waals surface area contributed by atoms with Crippen LogP contribution in [-0.4, -0.2) is 40.1 Å². The Bertz CT molecular complexity index is 1010. The summed E-state index contributed by atoms with van der Waals surface area (Å²) in [5, 5.41) is 13.6. The van der Waals surface area contributed by atoms with Gasteiger partial charge in [-0.1, -0.05) is 41.5 Å². The summed E-state index contributed by atoms with van der Waals surface area (Å²) in [5.41, 5.74) is 1.45. The van der Waals surface area contributed by atoms with Crippen LogP contribution in [0.3, 0.4) is 0 Å². The minimum absolute atomic E-state index is 0.0976. The van der Waals surface area contributed by atoms with Crippen LogP contribution in [0.5, 0.6) is 0 Å². The fourth-order valence-corrected chi connectivity index (χ4v) is 4.20. The van der Waals surface area contributed by atoms with Gasteiger partial charge < -0.3 is 14.6 Å². The first-order valence-electron chi connectivity index (χ1n) is 10.0. The number of piperidine rings is 1. The third-order valence-electron chi connectivity index (χ3n) is 6.25. The third kappa shape index (κ3) is 3.13. The van der Waals surface area contributed by atoms with E-state index in [0.717, 1.165) is 42.3 Å². The van der Waals surface area contributed by atoms with Crippen molar-refractivity contribution in [2.75, 3.05) is 18.4 Å². The van der Waals surface area contributed by atoms with E-state index in [4.69, 9.17) is 4.42 Å². The van der Waals surface area contributed by atoms with Crippen LogP contribution in [0.4, 0.5) is 6.01 Å². The number of nitrogens with zero attached hydrogens (tertiary/aromatic N) is 3. The summed E-state index contributed by atoms with van der Waals surface area (Å²) < 4.78 is 5.82. The predicted octanol–water partition coefficient (Wildman–Crippen LogP) is 4.09. The van der Waals surface area contributed by atoms with Gasteiger partial charge in [-0.2, -0.15) is 0 Å². The third-order valence-corrected chi connectivity index (χ3v) is 6.25. The van der Waals surface area contributed by atoms with Crippen molar-refractivity contribution in [3.63, 3.8) is 0 Å². The van der Waals surface area contributed by atoms with Crippen LogP contribution in [0.1, 0.15) is 32.6 Å². The SMILES string of the molecule is C[C@@H](Nc1nnc(-c2cccc3ccccc23)o1)C(=O)N1CCC2(CC1)CC2. The Morgan fingerprint density at radius 2 is 1.82 bits per heavy atom. The molecule has 1 N–H and O–H groups in total. The number of carbonyl (C=O) groups excluding carboxylic acids is 1. The highest BCUT2D eigenvalue weighted by atomic mass is 16.4. The van der Waals surface area contributed by atoms with Gasteiger partial charge in [-0.05, 0) is 54.9 Å². The number of aromatic nitrogens is 2. The molecule has 5 rings (SSSR count). The first-order chi connectivity index (χ1) is 13.6. The lowest BCUT2D eigenvalue weighted by Crippen LogP contribution is -2.45. The zero-order valence-electron chi connectivity index (χ0n) is 16.0. The largest absolute Gasteiger partial charge is 0.403 e. The maximum atomic E-state index is 12.8. The van der Waals surface area contributed by atoms with E-state index in [1.54, 1.807) is 0 Å². The fraction of sp³-hybridized carbons (Fsp3) is 0.409. The van der Waals surface area contributed by atoms with Gasteiger partial charge in [0.05, 0.1) is 0 Å². The van der Waals surface area contributed by atoms with Gasteiger partial charge in [-0.15, -0.1) is 5.10 Å². The average Bonchev–Trinajstić information content (AvgIpc) is 3.32. The zero-order valence-corrected chi connectivity index (χ0v) is 16.0. The Morgan fingerprint density at radius 1 is 1.07 bits per heavy atom. The van der Waals surface area contributed by atoms with Gasteiger partial charge >= 0.3 is 6.01 Å². The predicted molar refractivity (Wildman–Crippen MR) is 108 cm³/mol. The lowest BCUT2D eigenvalue weighted by molar-refractivity contribution is -0.133. The molecule has 6 heteroatoms. The molecule has 6 nitrogen and oxygen atoms in total. The highest BCUT2D eigenvalue weighted by Gasteiger charge is 2.45. The van der Waals surface area contributed by atoms with E-state index in [1.165, 1.54) is 12.8 Å². The first-order valence-corrected chi connectivity index (χ1v) is 10.0. The monoisotopic (exact) mass is 376 g/mol.